The van der Waals surface area contributed by atoms with Crippen LogP contribution in [0.3, 0.4) is 0 Å². The van der Waals surface area contributed by atoms with Gasteiger partial charge in [-0.25, -0.2) is 14.6 Å². The molecule has 2 rings (SSSR count). The molecule has 2 aromatic rings. The molecule has 0 saturated carbocycles. The first kappa shape index (κ1) is 11.8. The van der Waals surface area contributed by atoms with Crippen LogP contribution in [0.5, 0.6) is 0 Å². The summed E-state index contributed by atoms with van der Waals surface area (Å²) in [5, 5.41) is 12.2. The molecule has 0 radical (unpaired) electrons. The van der Waals surface area contributed by atoms with Crippen LogP contribution in [-0.2, 0) is 6.18 Å². The van der Waals surface area contributed by atoms with E-state index >= 15 is 0 Å². The highest BCUT2D eigenvalue weighted by Gasteiger charge is 2.33. The number of hydrogen-bond acceptors (Lipinski definition) is 5. The van der Waals surface area contributed by atoms with E-state index in [4.69, 9.17) is 11.0 Å². The van der Waals surface area contributed by atoms with Crippen LogP contribution < -0.4 is 5.73 Å². The molecule has 0 saturated heterocycles. The molecule has 0 spiro atoms. The van der Waals surface area contributed by atoms with Gasteiger partial charge in [0.15, 0.2) is 0 Å². The molecule has 2 N–H and O–H groups in total. The number of aromatic nitrogens is 4. The average molecular weight is 254 g/mol. The minimum Gasteiger partial charge on any atom is -0.396 e. The van der Waals surface area contributed by atoms with Crippen molar-refractivity contribution in [1.29, 1.82) is 5.26 Å². The molecule has 0 amide bonds. The van der Waals surface area contributed by atoms with Gasteiger partial charge >= 0.3 is 6.18 Å². The summed E-state index contributed by atoms with van der Waals surface area (Å²) in [7, 11) is 0. The summed E-state index contributed by atoms with van der Waals surface area (Å²) in [4.78, 5) is 6.76. The van der Waals surface area contributed by atoms with Gasteiger partial charge in [-0.05, 0) is 6.07 Å². The summed E-state index contributed by atoms with van der Waals surface area (Å²) in [5.74, 6) is -0.167. The Bertz CT molecular complexity index is 624. The normalized spacial score (nSPS) is 11.2. The third kappa shape index (κ3) is 2.08. The zero-order valence-corrected chi connectivity index (χ0v) is 8.68. The highest BCUT2D eigenvalue weighted by atomic mass is 19.4. The van der Waals surface area contributed by atoms with Gasteiger partial charge in [0.25, 0.3) is 5.82 Å². The maximum absolute atomic E-state index is 12.5. The van der Waals surface area contributed by atoms with Gasteiger partial charge < -0.3 is 5.73 Å². The van der Waals surface area contributed by atoms with Crippen LogP contribution in [0.1, 0.15) is 11.5 Å². The average Bonchev–Trinajstić information content (AvgIpc) is 2.76. The van der Waals surface area contributed by atoms with E-state index < -0.39 is 11.9 Å². The first-order valence-electron chi connectivity index (χ1n) is 4.56. The maximum Gasteiger partial charge on any atom is 0.433 e. The largest absolute Gasteiger partial charge is 0.433 e. The van der Waals surface area contributed by atoms with Crippen LogP contribution in [0.4, 0.5) is 18.9 Å². The molecule has 0 fully saturated rings. The fourth-order valence-corrected chi connectivity index (χ4v) is 1.24. The Balaban J connectivity index is 2.54. The highest BCUT2D eigenvalue weighted by molar-refractivity contribution is 5.56. The number of nitriles is 1. The van der Waals surface area contributed by atoms with Crippen molar-refractivity contribution in [2.45, 2.75) is 6.18 Å². The molecule has 0 unspecified atom stereocenters. The maximum atomic E-state index is 12.5. The second kappa shape index (κ2) is 3.99. The van der Waals surface area contributed by atoms with E-state index in [9.17, 15) is 13.2 Å². The van der Waals surface area contributed by atoms with Crippen molar-refractivity contribution in [3.8, 4) is 11.8 Å². The van der Waals surface area contributed by atoms with Crippen LogP contribution in [0.25, 0.3) is 5.69 Å². The van der Waals surface area contributed by atoms with Gasteiger partial charge in [-0.1, -0.05) is 0 Å². The molecule has 6 nitrogen and oxygen atoms in total. The molecular weight excluding hydrogens is 249 g/mol. The summed E-state index contributed by atoms with van der Waals surface area (Å²) >= 11 is 0. The van der Waals surface area contributed by atoms with Crippen LogP contribution in [-0.4, -0.2) is 19.7 Å². The number of pyridine rings is 1. The monoisotopic (exact) mass is 254 g/mol. The number of nitrogen functional groups attached to an aromatic ring is 1. The Kier molecular flexibility index (Phi) is 2.63. The first-order chi connectivity index (χ1) is 8.41. The number of rotatable bonds is 1. The van der Waals surface area contributed by atoms with Crippen LogP contribution in [0.15, 0.2) is 18.6 Å². The topological polar surface area (TPSA) is 93.4 Å². The molecule has 0 atom stereocenters. The van der Waals surface area contributed by atoms with Crippen LogP contribution in [0, 0.1) is 11.3 Å². The Morgan fingerprint density at radius 1 is 1.33 bits per heavy atom. The summed E-state index contributed by atoms with van der Waals surface area (Å²) in [6.45, 7) is 0. The Morgan fingerprint density at radius 3 is 2.61 bits per heavy atom. The van der Waals surface area contributed by atoms with Gasteiger partial charge in [0.1, 0.15) is 18.1 Å². The second-order valence-electron chi connectivity index (χ2n) is 3.25. The lowest BCUT2D eigenvalue weighted by atomic mass is 10.3. The summed E-state index contributed by atoms with van der Waals surface area (Å²) < 4.78 is 38.4. The molecule has 2 heterocycles. The Labute approximate surface area is 98.5 Å². The van der Waals surface area contributed by atoms with Gasteiger partial charge in [-0.15, -0.1) is 5.10 Å². The second-order valence-corrected chi connectivity index (χ2v) is 3.25. The van der Waals surface area contributed by atoms with Crippen LogP contribution >= 0.6 is 0 Å². The first-order valence-corrected chi connectivity index (χ1v) is 4.56. The van der Waals surface area contributed by atoms with E-state index in [0.29, 0.717) is 0 Å². The van der Waals surface area contributed by atoms with E-state index in [1.54, 1.807) is 6.07 Å². The minimum absolute atomic E-state index is 0.00242. The Morgan fingerprint density at radius 2 is 2.06 bits per heavy atom. The number of nitrogens with two attached hydrogens (primary N) is 1. The van der Waals surface area contributed by atoms with Crippen molar-refractivity contribution in [2.24, 2.45) is 0 Å². The fourth-order valence-electron chi connectivity index (χ4n) is 1.24. The SMILES string of the molecule is N#Cc1ncn(-c2cc(C(F)(F)F)ncc2N)n1. The molecule has 0 aliphatic carbocycles. The lowest BCUT2D eigenvalue weighted by molar-refractivity contribution is -0.141. The molecule has 0 aliphatic rings. The van der Waals surface area contributed by atoms with E-state index in [-0.39, 0.29) is 17.2 Å². The van der Waals surface area contributed by atoms with Gasteiger partial charge in [-0.3, -0.25) is 0 Å². The highest BCUT2D eigenvalue weighted by Crippen LogP contribution is 2.30. The molecule has 0 aromatic carbocycles. The number of halogens is 3. The van der Waals surface area contributed by atoms with Crippen molar-refractivity contribution in [3.63, 3.8) is 0 Å². The molecule has 18 heavy (non-hydrogen) atoms. The zero-order chi connectivity index (χ0) is 13.3. The van der Waals surface area contributed by atoms with Crippen molar-refractivity contribution in [1.82, 2.24) is 19.7 Å². The number of alkyl halides is 3. The third-order valence-electron chi connectivity index (χ3n) is 2.04. The predicted molar refractivity (Wildman–Crippen MR) is 53.3 cm³/mol. The number of nitrogens with zero attached hydrogens (tertiary/aromatic N) is 5. The minimum atomic E-state index is -4.58. The van der Waals surface area contributed by atoms with Crippen molar-refractivity contribution in [2.75, 3.05) is 5.73 Å². The lowest BCUT2D eigenvalue weighted by Gasteiger charge is -2.09. The van der Waals surface area contributed by atoms with Crippen molar-refractivity contribution in [3.05, 3.63) is 30.1 Å². The lowest BCUT2D eigenvalue weighted by Crippen LogP contribution is -2.11. The third-order valence-corrected chi connectivity index (χ3v) is 2.04. The number of anilines is 1. The summed E-state index contributed by atoms with van der Waals surface area (Å²) in [5.41, 5.74) is 4.38. The predicted octanol–water partition coefficient (Wildman–Crippen LogP) is 1.13. The molecule has 0 bridgehead atoms. The van der Waals surface area contributed by atoms with Crippen molar-refractivity contribution < 1.29 is 13.2 Å². The summed E-state index contributed by atoms with van der Waals surface area (Å²) in [6, 6.07) is 2.40. The smallest absolute Gasteiger partial charge is 0.396 e. The Hall–Kier alpha value is -2.63. The van der Waals surface area contributed by atoms with E-state index in [1.807, 2.05) is 0 Å². The van der Waals surface area contributed by atoms with Gasteiger partial charge in [0.2, 0.25) is 0 Å². The molecule has 2 aromatic heterocycles. The molecule has 9 heteroatoms. The fraction of sp³-hybridized carbons (Fsp3) is 0.111. The molecule has 92 valence electrons. The van der Waals surface area contributed by atoms with E-state index in [1.165, 1.54) is 0 Å². The van der Waals surface area contributed by atoms with E-state index in [2.05, 4.69) is 15.1 Å². The quantitative estimate of drug-likeness (QED) is 0.823. The zero-order valence-electron chi connectivity index (χ0n) is 8.68. The van der Waals surface area contributed by atoms with Gasteiger partial charge in [0, 0.05) is 0 Å². The summed E-state index contributed by atoms with van der Waals surface area (Å²) in [6.07, 6.45) is -2.60. The molecular formula is C9H5F3N6. The van der Waals surface area contributed by atoms with Crippen molar-refractivity contribution >= 4 is 5.69 Å². The van der Waals surface area contributed by atoms with Gasteiger partial charge in [-0.2, -0.15) is 18.4 Å². The van der Waals surface area contributed by atoms with Crippen LogP contribution in [0.2, 0.25) is 0 Å². The van der Waals surface area contributed by atoms with E-state index in [0.717, 1.165) is 23.3 Å². The number of hydrogen-bond donors (Lipinski definition) is 1. The standard InChI is InChI=1S/C9H5F3N6/c10-9(11,12)7-1-6(5(14)3-15-7)18-4-16-8(2-13)17-18/h1,3-4H,14H2. The molecule has 0 aliphatic heterocycles. The van der Waals surface area contributed by atoms with Gasteiger partial charge in [0.05, 0.1) is 17.6 Å².